The van der Waals surface area contributed by atoms with Crippen molar-refractivity contribution in [3.63, 3.8) is 0 Å². The largest absolute Gasteiger partial charge is 0.457 e. The quantitative estimate of drug-likeness (QED) is 0.421. The van der Waals surface area contributed by atoms with Crippen LogP contribution in [0.4, 0.5) is 8.78 Å². The molecule has 3 heterocycles. The van der Waals surface area contributed by atoms with Crippen LogP contribution in [-0.2, 0) is 6.42 Å². The first-order chi connectivity index (χ1) is 15.5. The van der Waals surface area contributed by atoms with E-state index in [2.05, 4.69) is 10.1 Å². The molecule has 9 heteroatoms. The standard InChI is InChI=1S/C23H13F2N3O3S/c24-15-5-1-13(2-6-15)11-18-21(29)26-23-28(27-18)22(30)20(32-23)12-17-9-10-19(31-17)14-3-7-16(25)8-4-14/h1-10,12H,11H2/b20-12+. The second kappa shape index (κ2) is 7.93. The average Bonchev–Trinajstić information content (AvgIpc) is 3.36. The zero-order chi connectivity index (χ0) is 22.2. The number of aromatic nitrogens is 3. The van der Waals surface area contributed by atoms with Gasteiger partial charge in [0.25, 0.3) is 11.1 Å². The maximum absolute atomic E-state index is 13.1. The maximum atomic E-state index is 13.1. The van der Waals surface area contributed by atoms with E-state index in [1.807, 2.05) is 0 Å². The molecule has 0 aliphatic heterocycles. The number of rotatable bonds is 4. The molecule has 0 unspecified atom stereocenters. The van der Waals surface area contributed by atoms with Gasteiger partial charge in [-0.1, -0.05) is 23.5 Å². The monoisotopic (exact) mass is 449 g/mol. The third kappa shape index (κ3) is 3.85. The molecule has 5 rings (SSSR count). The SMILES string of the molecule is O=c1nc2s/c(=C/c3ccc(-c4ccc(F)cc4)o3)c(=O)n2nc1Cc1ccc(F)cc1. The molecule has 0 N–H and O–H groups in total. The molecule has 0 saturated heterocycles. The number of hydrogen-bond acceptors (Lipinski definition) is 6. The molecule has 0 amide bonds. The van der Waals surface area contributed by atoms with E-state index in [1.54, 1.807) is 42.5 Å². The van der Waals surface area contributed by atoms with Crippen LogP contribution in [-0.4, -0.2) is 14.6 Å². The van der Waals surface area contributed by atoms with Gasteiger partial charge in [-0.25, -0.2) is 8.78 Å². The van der Waals surface area contributed by atoms with Crippen LogP contribution in [0.3, 0.4) is 0 Å². The second-order valence-corrected chi connectivity index (χ2v) is 8.00. The van der Waals surface area contributed by atoms with Crippen LogP contribution in [0, 0.1) is 11.6 Å². The Labute approximate surface area is 182 Å². The summed E-state index contributed by atoms with van der Waals surface area (Å²) < 4.78 is 33.3. The minimum absolute atomic E-state index is 0.0900. The molecule has 0 bridgehead atoms. The summed E-state index contributed by atoms with van der Waals surface area (Å²) in [5.74, 6) is 0.217. The highest BCUT2D eigenvalue weighted by molar-refractivity contribution is 7.15. The average molecular weight is 449 g/mol. The number of fused-ring (bicyclic) bond motifs is 1. The highest BCUT2D eigenvalue weighted by atomic mass is 32.1. The molecule has 6 nitrogen and oxygen atoms in total. The summed E-state index contributed by atoms with van der Waals surface area (Å²) >= 11 is 1.02. The first-order valence-electron chi connectivity index (χ1n) is 9.51. The summed E-state index contributed by atoms with van der Waals surface area (Å²) in [6.45, 7) is 0. The molecule has 0 atom stereocenters. The van der Waals surface area contributed by atoms with Crippen molar-refractivity contribution in [2.75, 3.05) is 0 Å². The molecule has 5 aromatic rings. The Hall–Kier alpha value is -3.98. The third-order valence-corrected chi connectivity index (χ3v) is 5.72. The molecule has 3 aromatic heterocycles. The highest BCUT2D eigenvalue weighted by Gasteiger charge is 2.12. The smallest absolute Gasteiger partial charge is 0.296 e. The lowest BCUT2D eigenvalue weighted by Crippen LogP contribution is -2.28. The first-order valence-corrected chi connectivity index (χ1v) is 10.3. The fourth-order valence-corrected chi connectivity index (χ4v) is 4.06. The van der Waals surface area contributed by atoms with Gasteiger partial charge in [-0.3, -0.25) is 9.59 Å². The molecule has 158 valence electrons. The van der Waals surface area contributed by atoms with Crippen molar-refractivity contribution in [3.05, 3.63) is 115 Å². The summed E-state index contributed by atoms with van der Waals surface area (Å²) in [6.07, 6.45) is 1.67. The number of furan rings is 1. The molecule has 0 radical (unpaired) electrons. The molecular formula is C23H13F2N3O3S. The van der Waals surface area contributed by atoms with Gasteiger partial charge in [-0.05, 0) is 54.1 Å². The van der Waals surface area contributed by atoms with Gasteiger partial charge in [0.1, 0.15) is 33.4 Å². The van der Waals surface area contributed by atoms with Crippen LogP contribution in [0.1, 0.15) is 17.0 Å². The van der Waals surface area contributed by atoms with Crippen LogP contribution in [0.5, 0.6) is 0 Å². The molecule has 2 aromatic carbocycles. The molecule has 0 aliphatic carbocycles. The zero-order valence-corrected chi connectivity index (χ0v) is 17.1. The van der Waals surface area contributed by atoms with E-state index in [9.17, 15) is 18.4 Å². The van der Waals surface area contributed by atoms with Crippen molar-refractivity contribution < 1.29 is 13.2 Å². The summed E-state index contributed by atoms with van der Waals surface area (Å²) in [6, 6.07) is 14.9. The number of benzene rings is 2. The minimum Gasteiger partial charge on any atom is -0.457 e. The second-order valence-electron chi connectivity index (χ2n) is 6.99. The van der Waals surface area contributed by atoms with Gasteiger partial charge in [0.05, 0.1) is 0 Å². The Kier molecular flexibility index (Phi) is 4.95. The Morgan fingerprint density at radius 3 is 2.34 bits per heavy atom. The highest BCUT2D eigenvalue weighted by Crippen LogP contribution is 2.22. The summed E-state index contributed by atoms with van der Waals surface area (Å²) in [7, 11) is 0. The summed E-state index contributed by atoms with van der Waals surface area (Å²) in [5.41, 5.74) is 0.489. The predicted molar refractivity (Wildman–Crippen MR) is 115 cm³/mol. The lowest BCUT2D eigenvalue weighted by Gasteiger charge is -2.00. The molecule has 32 heavy (non-hydrogen) atoms. The Balaban J connectivity index is 1.51. The van der Waals surface area contributed by atoms with E-state index in [1.165, 1.54) is 24.3 Å². The van der Waals surface area contributed by atoms with Crippen molar-refractivity contribution in [2.45, 2.75) is 6.42 Å². The molecule has 0 saturated carbocycles. The Bertz CT molecular complexity index is 1600. The van der Waals surface area contributed by atoms with Crippen molar-refractivity contribution in [3.8, 4) is 11.3 Å². The van der Waals surface area contributed by atoms with Gasteiger partial charge in [0.15, 0.2) is 0 Å². The molecule has 0 aliphatic rings. The number of nitrogens with zero attached hydrogens (tertiary/aromatic N) is 3. The topological polar surface area (TPSA) is 77.5 Å². The van der Waals surface area contributed by atoms with E-state index in [-0.39, 0.29) is 28.7 Å². The summed E-state index contributed by atoms with van der Waals surface area (Å²) in [4.78, 5) is 29.3. The Morgan fingerprint density at radius 1 is 0.938 bits per heavy atom. The first kappa shape index (κ1) is 20.0. The van der Waals surface area contributed by atoms with Gasteiger partial charge >= 0.3 is 0 Å². The molecule has 0 spiro atoms. The van der Waals surface area contributed by atoms with Gasteiger partial charge in [0.2, 0.25) is 4.96 Å². The van der Waals surface area contributed by atoms with Gasteiger partial charge in [0, 0.05) is 18.1 Å². The molecule has 0 fully saturated rings. The van der Waals surface area contributed by atoms with Gasteiger partial charge in [-0.2, -0.15) is 14.6 Å². The van der Waals surface area contributed by atoms with E-state index in [4.69, 9.17) is 4.42 Å². The van der Waals surface area contributed by atoms with E-state index < -0.39 is 11.1 Å². The summed E-state index contributed by atoms with van der Waals surface area (Å²) in [5, 5.41) is 4.18. The predicted octanol–water partition coefficient (Wildman–Crippen LogP) is 3.19. The van der Waals surface area contributed by atoms with Crippen LogP contribution in [0.15, 0.2) is 74.7 Å². The molecular weight excluding hydrogens is 436 g/mol. The zero-order valence-electron chi connectivity index (χ0n) is 16.3. The minimum atomic E-state index is -0.543. The van der Waals surface area contributed by atoms with E-state index >= 15 is 0 Å². The normalized spacial score (nSPS) is 12.0. The lowest BCUT2D eigenvalue weighted by atomic mass is 10.1. The van der Waals surface area contributed by atoms with Crippen molar-refractivity contribution >= 4 is 22.4 Å². The lowest BCUT2D eigenvalue weighted by molar-refractivity contribution is 0.571. The van der Waals surface area contributed by atoms with Gasteiger partial charge in [-0.15, -0.1) is 0 Å². The fourth-order valence-electron chi connectivity index (χ4n) is 3.18. The van der Waals surface area contributed by atoms with Crippen LogP contribution < -0.4 is 15.7 Å². The fraction of sp³-hybridized carbons (Fsp3) is 0.0435. The van der Waals surface area contributed by atoms with E-state index in [0.29, 0.717) is 27.2 Å². The Morgan fingerprint density at radius 2 is 1.62 bits per heavy atom. The van der Waals surface area contributed by atoms with Crippen molar-refractivity contribution in [2.24, 2.45) is 0 Å². The van der Waals surface area contributed by atoms with E-state index in [0.717, 1.165) is 15.9 Å². The number of hydrogen-bond donors (Lipinski definition) is 0. The van der Waals surface area contributed by atoms with Crippen LogP contribution in [0.25, 0.3) is 22.4 Å². The maximum Gasteiger partial charge on any atom is 0.296 e. The van der Waals surface area contributed by atoms with Gasteiger partial charge < -0.3 is 4.42 Å². The third-order valence-electron chi connectivity index (χ3n) is 4.76. The van der Waals surface area contributed by atoms with Crippen LogP contribution in [0.2, 0.25) is 0 Å². The number of halogens is 2. The van der Waals surface area contributed by atoms with Crippen LogP contribution >= 0.6 is 11.3 Å². The number of thiazole rings is 1. The van der Waals surface area contributed by atoms with Crippen molar-refractivity contribution in [1.82, 2.24) is 14.6 Å². The van der Waals surface area contributed by atoms with Crippen molar-refractivity contribution in [1.29, 1.82) is 0 Å².